The summed E-state index contributed by atoms with van der Waals surface area (Å²) in [5, 5.41) is 2.74. The lowest BCUT2D eigenvalue weighted by molar-refractivity contribution is -0.111. The van der Waals surface area contributed by atoms with Crippen LogP contribution in [-0.2, 0) is 14.8 Å². The van der Waals surface area contributed by atoms with Gasteiger partial charge < -0.3 is 5.32 Å². The summed E-state index contributed by atoms with van der Waals surface area (Å²) in [6.45, 7) is 3.27. The van der Waals surface area contributed by atoms with Gasteiger partial charge in [0.05, 0.1) is 4.90 Å². The Labute approximate surface area is 160 Å². The van der Waals surface area contributed by atoms with E-state index in [-0.39, 0.29) is 10.8 Å². The quantitative estimate of drug-likeness (QED) is 0.798. The zero-order chi connectivity index (χ0) is 19.3. The largest absolute Gasteiger partial charge is 0.323 e. The van der Waals surface area contributed by atoms with E-state index >= 15 is 0 Å². The van der Waals surface area contributed by atoms with Crippen LogP contribution in [0.4, 0.5) is 5.69 Å². The summed E-state index contributed by atoms with van der Waals surface area (Å²) in [4.78, 5) is 12.3. The summed E-state index contributed by atoms with van der Waals surface area (Å²) in [6.07, 6.45) is 4.96. The number of carbonyl (C=O) groups excluding carboxylic acids is 1. The third-order valence-corrected chi connectivity index (χ3v) is 6.64. The number of nitrogens with one attached hydrogen (secondary N) is 1. The van der Waals surface area contributed by atoms with Gasteiger partial charge in [-0.3, -0.25) is 4.79 Å². The predicted octanol–water partition coefficient (Wildman–Crippen LogP) is 3.76. The molecule has 1 aliphatic heterocycles. The molecule has 0 aromatic heterocycles. The van der Waals surface area contributed by atoms with Crippen molar-refractivity contribution in [2.75, 3.05) is 18.4 Å². The highest BCUT2D eigenvalue weighted by molar-refractivity contribution is 7.89. The van der Waals surface area contributed by atoms with E-state index < -0.39 is 10.0 Å². The Hall–Kier alpha value is -2.44. The maximum Gasteiger partial charge on any atom is 0.248 e. The van der Waals surface area contributed by atoms with Gasteiger partial charge in [0.1, 0.15) is 0 Å². The highest BCUT2D eigenvalue weighted by Crippen LogP contribution is 2.24. The Balaban J connectivity index is 1.63. The van der Waals surface area contributed by atoms with Crippen molar-refractivity contribution in [3.05, 3.63) is 66.2 Å². The van der Waals surface area contributed by atoms with E-state index in [4.69, 9.17) is 0 Å². The SMILES string of the molecule is CC1CCN(S(=O)(=O)c2ccc(NC(=O)C=Cc3ccccc3)cc2)CC1. The van der Waals surface area contributed by atoms with E-state index in [9.17, 15) is 13.2 Å². The molecule has 0 unspecified atom stereocenters. The van der Waals surface area contributed by atoms with E-state index in [1.807, 2.05) is 30.3 Å². The molecule has 1 aliphatic rings. The van der Waals surface area contributed by atoms with Crippen molar-refractivity contribution < 1.29 is 13.2 Å². The zero-order valence-electron chi connectivity index (χ0n) is 15.3. The van der Waals surface area contributed by atoms with Crippen LogP contribution in [0.1, 0.15) is 25.3 Å². The number of sulfonamides is 1. The Morgan fingerprint density at radius 1 is 1.04 bits per heavy atom. The molecule has 2 aromatic rings. The number of amides is 1. The number of hydrogen-bond donors (Lipinski definition) is 1. The van der Waals surface area contributed by atoms with Crippen molar-refractivity contribution in [3.8, 4) is 0 Å². The third kappa shape index (κ3) is 5.05. The molecule has 3 rings (SSSR count). The lowest BCUT2D eigenvalue weighted by atomic mass is 10.0. The Kier molecular flexibility index (Phi) is 6.08. The number of piperidine rings is 1. The van der Waals surface area contributed by atoms with Crippen molar-refractivity contribution >= 4 is 27.7 Å². The monoisotopic (exact) mass is 384 g/mol. The van der Waals surface area contributed by atoms with Gasteiger partial charge in [-0.05, 0) is 54.7 Å². The molecular weight excluding hydrogens is 360 g/mol. The summed E-state index contributed by atoms with van der Waals surface area (Å²) in [5.41, 5.74) is 1.49. The van der Waals surface area contributed by atoms with Crippen LogP contribution in [0.3, 0.4) is 0 Å². The Bertz CT molecular complexity index is 898. The molecular formula is C21H24N2O3S. The van der Waals surface area contributed by atoms with Crippen LogP contribution in [0, 0.1) is 5.92 Å². The number of nitrogens with zero attached hydrogens (tertiary/aromatic N) is 1. The molecule has 1 N–H and O–H groups in total. The Morgan fingerprint density at radius 3 is 2.30 bits per heavy atom. The standard InChI is InChI=1S/C21H24N2O3S/c1-17-13-15-23(16-14-17)27(25,26)20-10-8-19(9-11-20)22-21(24)12-7-18-5-3-2-4-6-18/h2-12,17H,13-16H2,1H3,(H,22,24). The maximum atomic E-state index is 12.7. The van der Waals surface area contributed by atoms with Crippen LogP contribution in [-0.4, -0.2) is 31.7 Å². The summed E-state index contributed by atoms with van der Waals surface area (Å²) >= 11 is 0. The first-order valence-corrected chi connectivity index (χ1v) is 10.5. The molecule has 6 heteroatoms. The number of carbonyl (C=O) groups is 1. The minimum atomic E-state index is -3.47. The third-order valence-electron chi connectivity index (χ3n) is 4.73. The second kappa shape index (κ2) is 8.50. The van der Waals surface area contributed by atoms with Crippen LogP contribution in [0.15, 0.2) is 65.6 Å². The van der Waals surface area contributed by atoms with Crippen molar-refractivity contribution in [1.82, 2.24) is 4.31 Å². The lowest BCUT2D eigenvalue weighted by Crippen LogP contribution is -2.37. The first kappa shape index (κ1) is 19.3. The van der Waals surface area contributed by atoms with Gasteiger partial charge in [-0.1, -0.05) is 37.3 Å². The normalized spacial score (nSPS) is 16.5. The van der Waals surface area contributed by atoms with Gasteiger partial charge in [0.2, 0.25) is 15.9 Å². The molecule has 1 amide bonds. The molecule has 1 fully saturated rings. The smallest absolute Gasteiger partial charge is 0.248 e. The molecule has 0 atom stereocenters. The molecule has 27 heavy (non-hydrogen) atoms. The van der Waals surface area contributed by atoms with Gasteiger partial charge in [-0.15, -0.1) is 0 Å². The molecule has 5 nitrogen and oxygen atoms in total. The van der Waals surface area contributed by atoms with Crippen molar-refractivity contribution in [2.45, 2.75) is 24.7 Å². The summed E-state index contributed by atoms with van der Waals surface area (Å²) in [5.74, 6) is 0.303. The van der Waals surface area contributed by atoms with Crippen LogP contribution in [0.5, 0.6) is 0 Å². The fraction of sp³-hybridized carbons (Fsp3) is 0.286. The minimum Gasteiger partial charge on any atom is -0.323 e. The fourth-order valence-electron chi connectivity index (χ4n) is 3.00. The van der Waals surface area contributed by atoms with E-state index in [0.717, 1.165) is 18.4 Å². The summed E-state index contributed by atoms with van der Waals surface area (Å²) in [6, 6.07) is 15.9. The molecule has 0 spiro atoms. The van der Waals surface area contributed by atoms with Gasteiger partial charge in [0.15, 0.2) is 0 Å². The topological polar surface area (TPSA) is 66.5 Å². The summed E-state index contributed by atoms with van der Waals surface area (Å²) < 4.78 is 27.0. The van der Waals surface area contributed by atoms with Crippen molar-refractivity contribution in [3.63, 3.8) is 0 Å². The number of anilines is 1. The second-order valence-electron chi connectivity index (χ2n) is 6.84. The average Bonchev–Trinajstić information content (AvgIpc) is 2.68. The first-order valence-electron chi connectivity index (χ1n) is 9.09. The molecule has 1 heterocycles. The minimum absolute atomic E-state index is 0.259. The molecule has 0 radical (unpaired) electrons. The molecule has 142 valence electrons. The lowest BCUT2D eigenvalue weighted by Gasteiger charge is -2.29. The van der Waals surface area contributed by atoms with Crippen molar-refractivity contribution in [2.24, 2.45) is 5.92 Å². The molecule has 0 saturated carbocycles. The molecule has 0 aliphatic carbocycles. The van der Waals surface area contributed by atoms with Gasteiger partial charge in [0.25, 0.3) is 0 Å². The summed E-state index contributed by atoms with van der Waals surface area (Å²) in [7, 11) is -3.47. The molecule has 2 aromatic carbocycles. The van der Waals surface area contributed by atoms with Crippen LogP contribution >= 0.6 is 0 Å². The van der Waals surface area contributed by atoms with Crippen LogP contribution < -0.4 is 5.32 Å². The van der Waals surface area contributed by atoms with Gasteiger partial charge in [-0.2, -0.15) is 4.31 Å². The van der Waals surface area contributed by atoms with Gasteiger partial charge in [0, 0.05) is 24.9 Å². The average molecular weight is 385 g/mol. The van der Waals surface area contributed by atoms with Gasteiger partial charge in [-0.25, -0.2) is 8.42 Å². The van der Waals surface area contributed by atoms with E-state index in [0.29, 0.717) is 24.7 Å². The highest BCUT2D eigenvalue weighted by Gasteiger charge is 2.27. The maximum absolute atomic E-state index is 12.7. The fourth-order valence-corrected chi connectivity index (χ4v) is 4.47. The van der Waals surface area contributed by atoms with E-state index in [2.05, 4.69) is 12.2 Å². The highest BCUT2D eigenvalue weighted by atomic mass is 32.2. The van der Waals surface area contributed by atoms with Crippen LogP contribution in [0.2, 0.25) is 0 Å². The van der Waals surface area contributed by atoms with Crippen molar-refractivity contribution in [1.29, 1.82) is 0 Å². The second-order valence-corrected chi connectivity index (χ2v) is 8.78. The molecule has 1 saturated heterocycles. The predicted molar refractivity (Wildman–Crippen MR) is 108 cm³/mol. The zero-order valence-corrected chi connectivity index (χ0v) is 16.2. The molecule has 0 bridgehead atoms. The number of rotatable bonds is 5. The number of hydrogen-bond acceptors (Lipinski definition) is 3. The van der Waals surface area contributed by atoms with Crippen LogP contribution in [0.25, 0.3) is 6.08 Å². The number of benzene rings is 2. The first-order chi connectivity index (χ1) is 12.9. The van der Waals surface area contributed by atoms with Gasteiger partial charge >= 0.3 is 0 Å². The van der Waals surface area contributed by atoms with E-state index in [1.165, 1.54) is 6.08 Å². The van der Waals surface area contributed by atoms with E-state index in [1.54, 1.807) is 34.6 Å². The Morgan fingerprint density at radius 2 is 1.67 bits per heavy atom.